The highest BCUT2D eigenvalue weighted by atomic mass is 35.5. The van der Waals surface area contributed by atoms with Crippen LogP contribution in [0.15, 0.2) is 12.1 Å². The van der Waals surface area contributed by atoms with Crippen LogP contribution >= 0.6 is 23.2 Å². The Hall–Kier alpha value is -1.53. The van der Waals surface area contributed by atoms with Crippen molar-refractivity contribution < 1.29 is 9.83 Å². The highest BCUT2D eigenvalue weighted by Gasteiger charge is 2.12. The lowest BCUT2D eigenvalue weighted by Crippen LogP contribution is -2.10. The number of nitrogens with one attached hydrogen (secondary N) is 2. The van der Waals surface area contributed by atoms with Gasteiger partial charge in [0.05, 0.1) is 10.0 Å². The molecule has 1 rings (SSSR count). The second kappa shape index (κ2) is 5.00. The first-order valence-electron chi connectivity index (χ1n) is 4.08. The summed E-state index contributed by atoms with van der Waals surface area (Å²) in [6, 6.07) is 2.72. The number of hydrogen-bond acceptors (Lipinski definition) is 3. The number of benzene rings is 1. The molecule has 0 bridgehead atoms. The van der Waals surface area contributed by atoms with E-state index in [0.717, 1.165) is 0 Å². The normalized spacial score (nSPS) is 9.69. The number of carbonyl (C=O) groups excluding carboxylic acids is 1. The molecule has 0 aliphatic heterocycles. The van der Waals surface area contributed by atoms with Crippen molar-refractivity contribution in [3.63, 3.8) is 0 Å². The molecule has 1 amide bonds. The lowest BCUT2D eigenvalue weighted by Gasteiger charge is -2.07. The third-order valence-corrected chi connectivity index (χ3v) is 2.16. The molecule has 0 atom stereocenters. The van der Waals surface area contributed by atoms with Gasteiger partial charge in [0.1, 0.15) is 5.69 Å². The molecule has 1 aromatic rings. The highest BCUT2D eigenvalue weighted by Crippen LogP contribution is 2.33. The molecule has 0 aromatic heterocycles. The molecule has 0 aliphatic rings. The molecule has 86 valence electrons. The second-order valence-electron chi connectivity index (χ2n) is 2.86. The zero-order chi connectivity index (χ0) is 12.3. The Bertz CT molecular complexity index is 427. The molecule has 0 unspecified atom stereocenters. The number of nitro groups is 1. The van der Waals surface area contributed by atoms with E-state index in [2.05, 4.69) is 5.32 Å². The standard InChI is InChI=1S/C8H7Cl2N3O3/c1-4(14)11-5-2-6(9)8(7(10)3-5)12-13(15)16/h2-3,12H,1H3,(H,11,14). The Morgan fingerprint density at radius 2 is 1.88 bits per heavy atom. The fourth-order valence-corrected chi connectivity index (χ4v) is 1.62. The number of hydrogen-bond donors (Lipinski definition) is 2. The summed E-state index contributed by atoms with van der Waals surface area (Å²) in [6.07, 6.45) is 0. The summed E-state index contributed by atoms with van der Waals surface area (Å²) < 4.78 is 0. The molecule has 0 aliphatic carbocycles. The Kier molecular flexibility index (Phi) is 3.92. The fraction of sp³-hybridized carbons (Fsp3) is 0.125. The van der Waals surface area contributed by atoms with E-state index in [1.54, 1.807) is 0 Å². The van der Waals surface area contributed by atoms with E-state index in [1.807, 2.05) is 5.43 Å². The molecule has 0 radical (unpaired) electrons. The molecule has 0 spiro atoms. The number of hydrazine groups is 1. The van der Waals surface area contributed by atoms with Gasteiger partial charge in [0.2, 0.25) is 5.91 Å². The van der Waals surface area contributed by atoms with Crippen LogP contribution in [-0.2, 0) is 4.79 Å². The first-order chi connectivity index (χ1) is 7.40. The Labute approximate surface area is 101 Å². The number of anilines is 2. The molecule has 1 aromatic carbocycles. The number of amides is 1. The summed E-state index contributed by atoms with van der Waals surface area (Å²) in [5, 5.41) is 12.0. The van der Waals surface area contributed by atoms with Crippen LogP contribution in [0, 0.1) is 10.1 Å². The van der Waals surface area contributed by atoms with Crippen molar-refractivity contribution in [2.24, 2.45) is 0 Å². The van der Waals surface area contributed by atoms with E-state index >= 15 is 0 Å². The zero-order valence-electron chi connectivity index (χ0n) is 8.08. The minimum Gasteiger partial charge on any atom is -0.326 e. The van der Waals surface area contributed by atoms with Crippen LogP contribution in [0.4, 0.5) is 11.4 Å². The molecule has 8 heteroatoms. The first-order valence-corrected chi connectivity index (χ1v) is 4.83. The number of rotatable bonds is 3. The van der Waals surface area contributed by atoms with Crippen LogP contribution in [0.3, 0.4) is 0 Å². The fourth-order valence-electron chi connectivity index (χ4n) is 1.05. The highest BCUT2D eigenvalue weighted by molar-refractivity contribution is 6.39. The van der Waals surface area contributed by atoms with Crippen LogP contribution in [0.25, 0.3) is 0 Å². The van der Waals surface area contributed by atoms with Crippen molar-refractivity contribution in [3.05, 3.63) is 32.3 Å². The summed E-state index contributed by atoms with van der Waals surface area (Å²) >= 11 is 11.5. The average molecular weight is 264 g/mol. The van der Waals surface area contributed by atoms with Crippen LogP contribution < -0.4 is 10.7 Å². The van der Waals surface area contributed by atoms with Gasteiger partial charge >= 0.3 is 0 Å². The third-order valence-electron chi connectivity index (χ3n) is 1.57. The van der Waals surface area contributed by atoms with Gasteiger partial charge in [-0.3, -0.25) is 4.79 Å². The Morgan fingerprint density at radius 3 is 2.25 bits per heavy atom. The molecular weight excluding hydrogens is 257 g/mol. The van der Waals surface area contributed by atoms with Crippen molar-refractivity contribution in [3.8, 4) is 0 Å². The average Bonchev–Trinajstić information content (AvgIpc) is 2.10. The predicted octanol–water partition coefficient (Wildman–Crippen LogP) is 2.56. The summed E-state index contributed by atoms with van der Waals surface area (Å²) in [7, 11) is 0. The minimum absolute atomic E-state index is 0.0116. The predicted molar refractivity (Wildman–Crippen MR) is 61.4 cm³/mol. The lowest BCUT2D eigenvalue weighted by molar-refractivity contribution is -0.445. The van der Waals surface area contributed by atoms with E-state index in [-0.39, 0.29) is 21.6 Å². The molecule has 2 N–H and O–H groups in total. The van der Waals surface area contributed by atoms with Crippen LogP contribution in [0.2, 0.25) is 10.0 Å². The van der Waals surface area contributed by atoms with Gasteiger partial charge in [0, 0.05) is 12.6 Å². The smallest absolute Gasteiger partial charge is 0.221 e. The molecule has 6 nitrogen and oxygen atoms in total. The van der Waals surface area contributed by atoms with Crippen molar-refractivity contribution in [2.75, 3.05) is 10.7 Å². The molecule has 0 saturated heterocycles. The summed E-state index contributed by atoms with van der Waals surface area (Å²) in [5.41, 5.74) is 2.23. The van der Waals surface area contributed by atoms with Crippen LogP contribution in [-0.4, -0.2) is 10.9 Å². The van der Waals surface area contributed by atoms with E-state index in [4.69, 9.17) is 23.2 Å². The van der Waals surface area contributed by atoms with Gasteiger partial charge < -0.3 is 5.32 Å². The maximum absolute atomic E-state index is 10.8. The van der Waals surface area contributed by atoms with Crippen LogP contribution in [0.1, 0.15) is 6.92 Å². The van der Waals surface area contributed by atoms with Gasteiger partial charge in [-0.2, -0.15) is 0 Å². The third kappa shape index (κ3) is 3.25. The minimum atomic E-state index is -0.773. The Balaban J connectivity index is 3.06. The maximum atomic E-state index is 10.8. The van der Waals surface area contributed by atoms with E-state index in [1.165, 1.54) is 19.1 Å². The molecule has 0 fully saturated rings. The van der Waals surface area contributed by atoms with Crippen molar-refractivity contribution >= 4 is 40.5 Å². The molecule has 0 heterocycles. The number of halogens is 2. The van der Waals surface area contributed by atoms with Gasteiger partial charge in [0.15, 0.2) is 5.03 Å². The second-order valence-corrected chi connectivity index (χ2v) is 3.68. The van der Waals surface area contributed by atoms with Crippen molar-refractivity contribution in [2.45, 2.75) is 6.92 Å². The molecular formula is C8H7Cl2N3O3. The van der Waals surface area contributed by atoms with Gasteiger partial charge in [-0.1, -0.05) is 23.2 Å². The van der Waals surface area contributed by atoms with Crippen molar-refractivity contribution in [1.29, 1.82) is 0 Å². The van der Waals surface area contributed by atoms with Gasteiger partial charge in [-0.15, -0.1) is 5.43 Å². The monoisotopic (exact) mass is 263 g/mol. The first kappa shape index (κ1) is 12.5. The quantitative estimate of drug-likeness (QED) is 0.649. The summed E-state index contributed by atoms with van der Waals surface area (Å²) in [4.78, 5) is 21.0. The summed E-state index contributed by atoms with van der Waals surface area (Å²) in [6.45, 7) is 1.32. The topological polar surface area (TPSA) is 84.3 Å². The number of carbonyl (C=O) groups is 1. The lowest BCUT2D eigenvalue weighted by atomic mass is 10.3. The number of nitrogens with zero attached hydrogens (tertiary/aromatic N) is 1. The van der Waals surface area contributed by atoms with Crippen LogP contribution in [0.5, 0.6) is 0 Å². The van der Waals surface area contributed by atoms with Gasteiger partial charge in [-0.25, -0.2) is 10.1 Å². The maximum Gasteiger partial charge on any atom is 0.221 e. The van der Waals surface area contributed by atoms with Crippen molar-refractivity contribution in [1.82, 2.24) is 0 Å². The van der Waals surface area contributed by atoms with E-state index in [0.29, 0.717) is 5.69 Å². The van der Waals surface area contributed by atoms with Gasteiger partial charge in [-0.05, 0) is 12.1 Å². The SMILES string of the molecule is CC(=O)Nc1cc(Cl)c(N[N+](=O)[O-])c(Cl)c1. The van der Waals surface area contributed by atoms with E-state index < -0.39 is 5.03 Å². The Morgan fingerprint density at radius 1 is 1.38 bits per heavy atom. The molecule has 0 saturated carbocycles. The largest absolute Gasteiger partial charge is 0.326 e. The summed E-state index contributed by atoms with van der Waals surface area (Å²) in [5.74, 6) is -0.290. The zero-order valence-corrected chi connectivity index (χ0v) is 9.59. The van der Waals surface area contributed by atoms with Gasteiger partial charge in [0.25, 0.3) is 0 Å². The molecule has 16 heavy (non-hydrogen) atoms. The van der Waals surface area contributed by atoms with E-state index in [9.17, 15) is 14.9 Å².